The highest BCUT2D eigenvalue weighted by molar-refractivity contribution is 5.88. The Kier molecular flexibility index (Phi) is 5.31. The summed E-state index contributed by atoms with van der Waals surface area (Å²) in [4.78, 5) is 14.4. The van der Waals surface area contributed by atoms with Crippen molar-refractivity contribution < 1.29 is 4.79 Å². The molecule has 1 aliphatic carbocycles. The fourth-order valence-electron chi connectivity index (χ4n) is 3.72. The molecule has 2 nitrogen and oxygen atoms in total. The number of benzene rings is 1. The van der Waals surface area contributed by atoms with Crippen molar-refractivity contribution >= 4 is 5.91 Å². The van der Waals surface area contributed by atoms with Crippen LogP contribution in [0.3, 0.4) is 0 Å². The van der Waals surface area contributed by atoms with E-state index in [0.717, 1.165) is 51.1 Å². The Morgan fingerprint density at radius 2 is 1.73 bits per heavy atom. The zero-order valence-electron chi connectivity index (χ0n) is 13.5. The number of rotatable bonds is 3. The lowest BCUT2D eigenvalue weighted by Gasteiger charge is -2.31. The maximum absolute atomic E-state index is 12.4. The van der Waals surface area contributed by atoms with Crippen molar-refractivity contribution in [3.63, 3.8) is 0 Å². The number of allylic oxidation sites excluding steroid dienone is 1. The minimum Gasteiger partial charge on any atom is -0.339 e. The van der Waals surface area contributed by atoms with Crippen molar-refractivity contribution in [2.24, 2.45) is 5.92 Å². The van der Waals surface area contributed by atoms with Gasteiger partial charge in [-0.05, 0) is 56.4 Å². The van der Waals surface area contributed by atoms with E-state index in [0.29, 0.717) is 0 Å². The zero-order chi connectivity index (χ0) is 15.2. The first-order valence-electron chi connectivity index (χ1n) is 8.83. The lowest BCUT2D eigenvalue weighted by Crippen LogP contribution is -2.38. The van der Waals surface area contributed by atoms with Gasteiger partial charge in [-0.15, -0.1) is 0 Å². The molecular weight excluding hydrogens is 270 g/mol. The smallest absolute Gasteiger partial charge is 0.246 e. The number of piperidine rings is 1. The highest BCUT2D eigenvalue weighted by atomic mass is 16.2. The average Bonchev–Trinajstić information content (AvgIpc) is 2.57. The molecule has 1 aromatic carbocycles. The lowest BCUT2D eigenvalue weighted by molar-refractivity contribution is -0.127. The fraction of sp³-hybridized carbons (Fsp3) is 0.550. The molecule has 0 spiro atoms. The fourth-order valence-corrected chi connectivity index (χ4v) is 3.72. The van der Waals surface area contributed by atoms with Gasteiger partial charge < -0.3 is 4.90 Å². The quantitative estimate of drug-likeness (QED) is 0.759. The third kappa shape index (κ3) is 4.22. The molecule has 118 valence electrons. The van der Waals surface area contributed by atoms with E-state index in [9.17, 15) is 4.79 Å². The van der Waals surface area contributed by atoms with Gasteiger partial charge in [-0.2, -0.15) is 0 Å². The molecule has 2 fully saturated rings. The summed E-state index contributed by atoms with van der Waals surface area (Å²) in [6.45, 7) is 1.86. The molecule has 3 rings (SSSR count). The van der Waals surface area contributed by atoms with Gasteiger partial charge in [0.25, 0.3) is 0 Å². The van der Waals surface area contributed by atoms with Gasteiger partial charge in [0.05, 0.1) is 0 Å². The van der Waals surface area contributed by atoms with E-state index in [1.54, 1.807) is 0 Å². The van der Waals surface area contributed by atoms with Crippen LogP contribution in [0.15, 0.2) is 42.0 Å². The zero-order valence-corrected chi connectivity index (χ0v) is 13.5. The number of carbonyl (C=O) groups excluding carboxylic acids is 1. The number of likely N-dealkylation sites (tertiary alicyclic amines) is 1. The number of hydrogen-bond donors (Lipinski definition) is 0. The van der Waals surface area contributed by atoms with E-state index in [2.05, 4.69) is 35.2 Å². The number of hydrogen-bond acceptors (Lipinski definition) is 1. The first-order chi connectivity index (χ1) is 10.8. The van der Waals surface area contributed by atoms with Crippen LogP contribution >= 0.6 is 0 Å². The van der Waals surface area contributed by atoms with Crippen molar-refractivity contribution in [3.05, 3.63) is 47.5 Å². The van der Waals surface area contributed by atoms with E-state index in [4.69, 9.17) is 0 Å². The molecule has 0 bridgehead atoms. The Morgan fingerprint density at radius 1 is 1.05 bits per heavy atom. The molecule has 1 heterocycles. The van der Waals surface area contributed by atoms with Gasteiger partial charge in [0.1, 0.15) is 0 Å². The molecule has 0 unspecified atom stereocenters. The summed E-state index contributed by atoms with van der Waals surface area (Å²) < 4.78 is 0. The number of nitrogens with zero attached hydrogens (tertiary/aromatic N) is 1. The molecule has 1 amide bonds. The summed E-state index contributed by atoms with van der Waals surface area (Å²) in [6.07, 6.45) is 11.5. The largest absolute Gasteiger partial charge is 0.339 e. The third-order valence-corrected chi connectivity index (χ3v) is 5.12. The highest BCUT2D eigenvalue weighted by Gasteiger charge is 2.22. The summed E-state index contributed by atoms with van der Waals surface area (Å²) >= 11 is 0. The normalized spacial score (nSPS) is 20.0. The van der Waals surface area contributed by atoms with Gasteiger partial charge in [0.15, 0.2) is 0 Å². The molecule has 2 aliphatic rings. The molecule has 2 heteroatoms. The molecule has 1 saturated carbocycles. The Hall–Kier alpha value is -1.57. The van der Waals surface area contributed by atoms with Gasteiger partial charge in [-0.1, -0.05) is 42.3 Å². The van der Waals surface area contributed by atoms with Crippen LogP contribution in [-0.4, -0.2) is 23.9 Å². The Morgan fingerprint density at radius 3 is 2.41 bits per heavy atom. The minimum atomic E-state index is 0.259. The Balaban J connectivity index is 1.48. The summed E-state index contributed by atoms with van der Waals surface area (Å²) in [5.41, 5.74) is 2.80. The van der Waals surface area contributed by atoms with E-state index >= 15 is 0 Å². The summed E-state index contributed by atoms with van der Waals surface area (Å²) in [6, 6.07) is 10.7. The molecule has 1 aliphatic heterocycles. The maximum Gasteiger partial charge on any atom is 0.246 e. The van der Waals surface area contributed by atoms with Crippen LogP contribution in [0.4, 0.5) is 0 Å². The van der Waals surface area contributed by atoms with E-state index in [1.807, 2.05) is 6.08 Å². The van der Waals surface area contributed by atoms with Crippen LogP contribution in [-0.2, 0) is 11.2 Å². The van der Waals surface area contributed by atoms with Crippen LogP contribution in [0.2, 0.25) is 0 Å². The molecule has 0 atom stereocenters. The van der Waals surface area contributed by atoms with Gasteiger partial charge in [0, 0.05) is 19.2 Å². The van der Waals surface area contributed by atoms with Crippen molar-refractivity contribution in [2.45, 2.75) is 51.4 Å². The molecule has 0 N–H and O–H groups in total. The molecule has 0 aromatic heterocycles. The third-order valence-electron chi connectivity index (χ3n) is 5.12. The first kappa shape index (κ1) is 15.3. The van der Waals surface area contributed by atoms with E-state index in [1.165, 1.54) is 30.4 Å². The van der Waals surface area contributed by atoms with E-state index < -0.39 is 0 Å². The summed E-state index contributed by atoms with van der Waals surface area (Å²) in [5.74, 6) is 0.990. The predicted molar refractivity (Wildman–Crippen MR) is 90.6 cm³/mol. The predicted octanol–water partition coefficient (Wildman–Crippen LogP) is 4.36. The monoisotopic (exact) mass is 297 g/mol. The molecular formula is C20H27NO. The van der Waals surface area contributed by atoms with Crippen molar-refractivity contribution in [1.82, 2.24) is 4.90 Å². The molecule has 0 radical (unpaired) electrons. The van der Waals surface area contributed by atoms with Crippen LogP contribution in [0.25, 0.3) is 0 Å². The number of amides is 1. The van der Waals surface area contributed by atoms with Crippen LogP contribution in [0.5, 0.6) is 0 Å². The maximum atomic E-state index is 12.4. The second-order valence-corrected chi connectivity index (χ2v) is 6.82. The topological polar surface area (TPSA) is 20.3 Å². The second kappa shape index (κ2) is 7.62. The Bertz CT molecular complexity index is 504. The molecule has 1 aromatic rings. The minimum absolute atomic E-state index is 0.259. The van der Waals surface area contributed by atoms with Crippen molar-refractivity contribution in [3.8, 4) is 0 Å². The van der Waals surface area contributed by atoms with E-state index in [-0.39, 0.29) is 5.91 Å². The number of carbonyl (C=O) groups is 1. The Labute approximate surface area is 134 Å². The highest BCUT2D eigenvalue weighted by Crippen LogP contribution is 2.25. The molecule has 22 heavy (non-hydrogen) atoms. The van der Waals surface area contributed by atoms with Gasteiger partial charge in [-0.3, -0.25) is 4.79 Å². The molecule has 1 saturated heterocycles. The van der Waals surface area contributed by atoms with Gasteiger partial charge in [0.2, 0.25) is 5.91 Å². The first-order valence-corrected chi connectivity index (χ1v) is 8.83. The summed E-state index contributed by atoms with van der Waals surface area (Å²) in [5, 5.41) is 0. The van der Waals surface area contributed by atoms with Crippen molar-refractivity contribution in [2.75, 3.05) is 13.1 Å². The van der Waals surface area contributed by atoms with Crippen LogP contribution < -0.4 is 0 Å². The SMILES string of the molecule is O=C(C=C1CCCCC1)N1CCC(Cc2ccccc2)CC1. The standard InChI is InChI=1S/C20H27NO/c22-20(16-18-9-5-2-6-10-18)21-13-11-19(12-14-21)15-17-7-3-1-4-8-17/h1,3-4,7-8,16,19H,2,5-6,9-15H2. The average molecular weight is 297 g/mol. The van der Waals surface area contributed by atoms with Gasteiger partial charge >= 0.3 is 0 Å². The van der Waals surface area contributed by atoms with Gasteiger partial charge in [-0.25, -0.2) is 0 Å². The second-order valence-electron chi connectivity index (χ2n) is 6.82. The van der Waals surface area contributed by atoms with Crippen molar-refractivity contribution in [1.29, 1.82) is 0 Å². The van der Waals surface area contributed by atoms with Crippen LogP contribution in [0, 0.1) is 5.92 Å². The lowest BCUT2D eigenvalue weighted by atomic mass is 9.90. The van der Waals surface area contributed by atoms with Crippen LogP contribution in [0.1, 0.15) is 50.5 Å². The summed E-state index contributed by atoms with van der Waals surface area (Å²) in [7, 11) is 0.